The largest absolute Gasteiger partial charge is 0.346 e. The molecule has 3 rings (SSSR count). The summed E-state index contributed by atoms with van der Waals surface area (Å²) in [7, 11) is 1.89. The fourth-order valence-corrected chi connectivity index (χ4v) is 3.20. The van der Waals surface area contributed by atoms with E-state index in [0.717, 1.165) is 55.6 Å². The minimum Gasteiger partial charge on any atom is -0.346 e. The Hall–Kier alpha value is -2.43. The molecule has 5 heteroatoms. The molecule has 1 unspecified atom stereocenters. The van der Waals surface area contributed by atoms with Crippen molar-refractivity contribution in [2.45, 2.75) is 32.1 Å². The minimum atomic E-state index is -0.249. The number of nitrogens with zero attached hydrogens (tertiary/aromatic N) is 2. The molecule has 0 bridgehead atoms. The Morgan fingerprint density at radius 1 is 1.32 bits per heavy atom. The normalized spacial score (nSPS) is 16.8. The molecule has 1 heterocycles. The molecular formula is C20H24FN3O. The van der Waals surface area contributed by atoms with Crippen LogP contribution in [-0.2, 0) is 11.2 Å². The van der Waals surface area contributed by atoms with E-state index in [2.05, 4.69) is 22.3 Å². The van der Waals surface area contributed by atoms with E-state index in [-0.39, 0.29) is 17.6 Å². The van der Waals surface area contributed by atoms with Gasteiger partial charge in [0.1, 0.15) is 5.82 Å². The lowest BCUT2D eigenvalue weighted by atomic mass is 9.93. The molecule has 1 aromatic carbocycles. The zero-order valence-corrected chi connectivity index (χ0v) is 14.5. The summed E-state index contributed by atoms with van der Waals surface area (Å²) < 4.78 is 13.0. The number of carbonyl (C=O) groups is 1. The van der Waals surface area contributed by atoms with Crippen molar-refractivity contribution in [2.24, 2.45) is 5.92 Å². The first-order chi connectivity index (χ1) is 12.1. The second-order valence-electron chi connectivity index (χ2n) is 6.63. The van der Waals surface area contributed by atoms with Crippen LogP contribution in [0.1, 0.15) is 31.4 Å². The molecule has 1 aliphatic rings. The fraction of sp³-hybridized carbons (Fsp3) is 0.400. The molecule has 0 aliphatic heterocycles. The van der Waals surface area contributed by atoms with Gasteiger partial charge in [-0.15, -0.1) is 0 Å². The zero-order valence-electron chi connectivity index (χ0n) is 14.5. The third-order valence-corrected chi connectivity index (χ3v) is 4.71. The van der Waals surface area contributed by atoms with Crippen LogP contribution in [0.4, 0.5) is 4.39 Å². The first-order valence-electron chi connectivity index (χ1n) is 8.83. The predicted octanol–water partition coefficient (Wildman–Crippen LogP) is 3.96. The average Bonchev–Trinajstić information content (AvgIpc) is 3.11. The van der Waals surface area contributed by atoms with E-state index in [1.807, 2.05) is 18.0 Å². The van der Waals surface area contributed by atoms with Crippen molar-refractivity contribution in [3.63, 3.8) is 0 Å². The highest BCUT2D eigenvalue weighted by Crippen LogP contribution is 2.21. The van der Waals surface area contributed by atoms with Crippen molar-refractivity contribution in [2.75, 3.05) is 13.6 Å². The number of amides is 1. The van der Waals surface area contributed by atoms with Crippen LogP contribution in [0.2, 0.25) is 0 Å². The van der Waals surface area contributed by atoms with Crippen LogP contribution in [-0.4, -0.2) is 34.6 Å². The lowest BCUT2D eigenvalue weighted by molar-refractivity contribution is -0.134. The van der Waals surface area contributed by atoms with Crippen LogP contribution in [0, 0.1) is 11.7 Å². The summed E-state index contributed by atoms with van der Waals surface area (Å²) in [6.07, 6.45) is 8.81. The van der Waals surface area contributed by atoms with Crippen LogP contribution in [0.25, 0.3) is 11.3 Å². The monoisotopic (exact) mass is 341 g/mol. The van der Waals surface area contributed by atoms with Gasteiger partial charge in [-0.2, -0.15) is 5.10 Å². The molecule has 0 spiro atoms. The van der Waals surface area contributed by atoms with Gasteiger partial charge in [0, 0.05) is 30.8 Å². The van der Waals surface area contributed by atoms with E-state index in [1.165, 1.54) is 12.1 Å². The number of halogens is 1. The summed E-state index contributed by atoms with van der Waals surface area (Å²) in [5.74, 6) is 0.147. The number of carbonyl (C=O) groups excluding carboxylic acids is 1. The number of hydrogen-bond donors (Lipinski definition) is 1. The molecule has 0 saturated carbocycles. The van der Waals surface area contributed by atoms with Crippen molar-refractivity contribution < 1.29 is 9.18 Å². The highest BCUT2D eigenvalue weighted by Gasteiger charge is 2.21. The lowest BCUT2D eigenvalue weighted by Crippen LogP contribution is -2.34. The van der Waals surface area contributed by atoms with Gasteiger partial charge in [-0.1, -0.05) is 12.2 Å². The van der Waals surface area contributed by atoms with Crippen LogP contribution < -0.4 is 0 Å². The Morgan fingerprint density at radius 3 is 2.84 bits per heavy atom. The first-order valence-corrected chi connectivity index (χ1v) is 8.83. The molecule has 4 nitrogen and oxygen atoms in total. The van der Waals surface area contributed by atoms with Gasteiger partial charge in [0.2, 0.25) is 5.91 Å². The number of aromatic amines is 1. The molecule has 132 valence electrons. The van der Waals surface area contributed by atoms with E-state index in [4.69, 9.17) is 0 Å². The molecule has 0 radical (unpaired) electrons. The van der Waals surface area contributed by atoms with Crippen LogP contribution in [0.15, 0.2) is 42.5 Å². The molecular weight excluding hydrogens is 317 g/mol. The topological polar surface area (TPSA) is 49.0 Å². The lowest BCUT2D eigenvalue weighted by Gasteiger charge is -2.24. The number of rotatable bonds is 6. The molecule has 1 N–H and O–H groups in total. The maximum Gasteiger partial charge on any atom is 0.225 e. The van der Waals surface area contributed by atoms with Gasteiger partial charge in [-0.3, -0.25) is 9.89 Å². The zero-order chi connectivity index (χ0) is 17.6. The quantitative estimate of drug-likeness (QED) is 0.809. The van der Waals surface area contributed by atoms with E-state index < -0.39 is 0 Å². The van der Waals surface area contributed by atoms with E-state index in [0.29, 0.717) is 0 Å². The molecule has 2 aromatic rings. The summed E-state index contributed by atoms with van der Waals surface area (Å²) in [6.45, 7) is 0.740. The standard InChI is InChI=1S/C20H24FN3O/c1-24(20(25)16-6-3-2-4-7-16)13-5-8-18-14-19(23-22-18)15-9-11-17(21)12-10-15/h2-3,9-12,14,16H,4-8,13H2,1H3,(H,22,23). The Balaban J connectivity index is 1.48. The average molecular weight is 341 g/mol. The maximum absolute atomic E-state index is 13.0. The van der Waals surface area contributed by atoms with Crippen molar-refractivity contribution in [3.8, 4) is 11.3 Å². The highest BCUT2D eigenvalue weighted by atomic mass is 19.1. The number of aromatic nitrogens is 2. The van der Waals surface area contributed by atoms with Crippen molar-refractivity contribution in [1.29, 1.82) is 0 Å². The predicted molar refractivity (Wildman–Crippen MR) is 96.4 cm³/mol. The third-order valence-electron chi connectivity index (χ3n) is 4.71. The van der Waals surface area contributed by atoms with Crippen molar-refractivity contribution in [1.82, 2.24) is 15.1 Å². The second kappa shape index (κ2) is 8.10. The smallest absolute Gasteiger partial charge is 0.225 e. The summed E-state index contributed by atoms with van der Waals surface area (Å²) in [6, 6.07) is 8.30. The van der Waals surface area contributed by atoms with Gasteiger partial charge in [-0.25, -0.2) is 4.39 Å². The Labute approximate surface area is 147 Å². The summed E-state index contributed by atoms with van der Waals surface area (Å²) in [5, 5.41) is 7.32. The summed E-state index contributed by atoms with van der Waals surface area (Å²) in [4.78, 5) is 14.2. The fourth-order valence-electron chi connectivity index (χ4n) is 3.20. The number of allylic oxidation sites excluding steroid dienone is 2. The van der Waals surface area contributed by atoms with Crippen LogP contribution in [0.3, 0.4) is 0 Å². The first kappa shape index (κ1) is 17.4. The van der Waals surface area contributed by atoms with E-state index in [1.54, 1.807) is 12.1 Å². The summed E-state index contributed by atoms with van der Waals surface area (Å²) >= 11 is 0. The van der Waals surface area contributed by atoms with E-state index >= 15 is 0 Å². The number of benzene rings is 1. The number of hydrogen-bond acceptors (Lipinski definition) is 2. The Morgan fingerprint density at radius 2 is 2.12 bits per heavy atom. The molecule has 25 heavy (non-hydrogen) atoms. The second-order valence-corrected chi connectivity index (χ2v) is 6.63. The number of nitrogens with one attached hydrogen (secondary N) is 1. The molecule has 1 aliphatic carbocycles. The molecule has 1 aromatic heterocycles. The van der Waals surface area contributed by atoms with Crippen molar-refractivity contribution in [3.05, 3.63) is 54.0 Å². The van der Waals surface area contributed by atoms with Crippen LogP contribution >= 0.6 is 0 Å². The van der Waals surface area contributed by atoms with Gasteiger partial charge >= 0.3 is 0 Å². The molecule has 0 saturated heterocycles. The third kappa shape index (κ3) is 4.56. The minimum absolute atomic E-state index is 0.146. The van der Waals surface area contributed by atoms with Gasteiger partial charge in [-0.05, 0) is 62.4 Å². The van der Waals surface area contributed by atoms with E-state index in [9.17, 15) is 9.18 Å². The molecule has 1 amide bonds. The molecule has 1 atom stereocenters. The maximum atomic E-state index is 13.0. The Bertz CT molecular complexity index is 736. The van der Waals surface area contributed by atoms with Crippen molar-refractivity contribution >= 4 is 5.91 Å². The van der Waals surface area contributed by atoms with Crippen LogP contribution in [0.5, 0.6) is 0 Å². The van der Waals surface area contributed by atoms with Gasteiger partial charge < -0.3 is 4.90 Å². The number of H-pyrrole nitrogens is 1. The molecule has 0 fully saturated rings. The SMILES string of the molecule is CN(CCCc1cc(-c2ccc(F)cc2)n[nH]1)C(=O)C1CC=CCC1. The summed E-state index contributed by atoms with van der Waals surface area (Å²) in [5.41, 5.74) is 2.73. The van der Waals surface area contributed by atoms with Gasteiger partial charge in [0.25, 0.3) is 0 Å². The van der Waals surface area contributed by atoms with Gasteiger partial charge in [0.05, 0.1) is 5.69 Å². The van der Waals surface area contributed by atoms with Gasteiger partial charge in [0.15, 0.2) is 0 Å². The highest BCUT2D eigenvalue weighted by molar-refractivity contribution is 5.78. The number of aryl methyl sites for hydroxylation is 1. The Kier molecular flexibility index (Phi) is 5.64.